The number of likely N-dealkylation sites (N-methyl/N-ethyl adjacent to an activating group) is 1. The number of hydrogen-bond acceptors (Lipinski definition) is 3. The summed E-state index contributed by atoms with van der Waals surface area (Å²) < 4.78 is 5.43. The van der Waals surface area contributed by atoms with Crippen LogP contribution in [0.1, 0.15) is 38.7 Å². The lowest BCUT2D eigenvalue weighted by Crippen LogP contribution is -2.35. The van der Waals surface area contributed by atoms with E-state index in [0.717, 1.165) is 44.5 Å². The molecule has 0 aliphatic carbocycles. The molecule has 0 heterocycles. The molecule has 0 saturated heterocycles. The van der Waals surface area contributed by atoms with Gasteiger partial charge in [-0.2, -0.15) is 0 Å². The number of hydrogen-bond donors (Lipinski definition) is 1. The molecule has 1 rings (SSSR count). The summed E-state index contributed by atoms with van der Waals surface area (Å²) in [6.45, 7) is 6.97. The van der Waals surface area contributed by atoms with E-state index in [1.807, 2.05) is 12.1 Å². The van der Waals surface area contributed by atoms with Crippen molar-refractivity contribution in [2.75, 3.05) is 26.8 Å². The van der Waals surface area contributed by atoms with E-state index in [1.165, 1.54) is 5.56 Å². The second-order valence-electron chi connectivity index (χ2n) is 5.28. The predicted molar refractivity (Wildman–Crippen MR) is 84.3 cm³/mol. The van der Waals surface area contributed by atoms with Crippen molar-refractivity contribution >= 4 is 0 Å². The fourth-order valence-corrected chi connectivity index (χ4v) is 2.61. The zero-order valence-corrected chi connectivity index (χ0v) is 13.1. The summed E-state index contributed by atoms with van der Waals surface area (Å²) in [5.41, 5.74) is 1.27. The Kier molecular flexibility index (Phi) is 8.31. The Hall–Kier alpha value is -1.06. The Balaban J connectivity index is 2.51. The molecule has 0 aromatic heterocycles. The van der Waals surface area contributed by atoms with E-state index < -0.39 is 0 Å². The molecule has 0 aliphatic heterocycles. The Labute approximate surface area is 123 Å². The van der Waals surface area contributed by atoms with Gasteiger partial charge in [-0.15, -0.1) is 0 Å². The molecule has 3 heteroatoms. The van der Waals surface area contributed by atoms with Crippen LogP contribution in [-0.2, 0) is 6.42 Å². The molecule has 1 aromatic carbocycles. The van der Waals surface area contributed by atoms with E-state index in [2.05, 4.69) is 30.9 Å². The first kappa shape index (κ1) is 17.0. The van der Waals surface area contributed by atoms with Gasteiger partial charge in [0.2, 0.25) is 0 Å². The second kappa shape index (κ2) is 9.78. The Morgan fingerprint density at radius 1 is 1.20 bits per heavy atom. The molecule has 114 valence electrons. The minimum absolute atomic E-state index is 0.308. The summed E-state index contributed by atoms with van der Waals surface area (Å²) in [6, 6.07) is 8.77. The highest BCUT2D eigenvalue weighted by molar-refractivity contribution is 5.33. The molecule has 1 unspecified atom stereocenters. The van der Waals surface area contributed by atoms with Crippen LogP contribution >= 0.6 is 0 Å². The van der Waals surface area contributed by atoms with Crippen molar-refractivity contribution in [1.29, 1.82) is 0 Å². The van der Waals surface area contributed by atoms with Crippen molar-refractivity contribution in [3.63, 3.8) is 0 Å². The summed E-state index contributed by atoms with van der Waals surface area (Å²) in [4.78, 5) is 2.50. The lowest BCUT2D eigenvalue weighted by Gasteiger charge is -2.28. The van der Waals surface area contributed by atoms with E-state index in [4.69, 9.17) is 9.84 Å². The third-order valence-electron chi connectivity index (χ3n) is 3.84. The van der Waals surface area contributed by atoms with Gasteiger partial charge in [-0.1, -0.05) is 25.1 Å². The molecular formula is C17H29NO2. The summed E-state index contributed by atoms with van der Waals surface area (Å²) in [5, 5.41) is 8.82. The third-order valence-corrected chi connectivity index (χ3v) is 3.84. The van der Waals surface area contributed by atoms with Gasteiger partial charge in [0.15, 0.2) is 0 Å². The van der Waals surface area contributed by atoms with Crippen LogP contribution in [0, 0.1) is 0 Å². The molecule has 0 spiro atoms. The fraction of sp³-hybridized carbons (Fsp3) is 0.647. The number of rotatable bonds is 10. The molecule has 1 aromatic rings. The van der Waals surface area contributed by atoms with Gasteiger partial charge < -0.3 is 14.7 Å². The molecule has 0 saturated carbocycles. The average Bonchev–Trinajstić information content (AvgIpc) is 2.48. The first-order chi connectivity index (χ1) is 9.72. The van der Waals surface area contributed by atoms with E-state index in [1.54, 1.807) is 7.11 Å². The number of methoxy groups -OCH3 is 1. The lowest BCUT2D eigenvalue weighted by atomic mass is 10.0. The quantitative estimate of drug-likeness (QED) is 0.668. The van der Waals surface area contributed by atoms with Crippen LogP contribution in [0.25, 0.3) is 0 Å². The van der Waals surface area contributed by atoms with Crippen LogP contribution in [0.2, 0.25) is 0 Å². The molecule has 0 radical (unpaired) electrons. The highest BCUT2D eigenvalue weighted by Gasteiger charge is 2.14. The Bertz CT molecular complexity index is 368. The number of aliphatic hydroxyl groups excluding tert-OH is 1. The normalized spacial score (nSPS) is 12.7. The Morgan fingerprint density at radius 3 is 2.60 bits per heavy atom. The summed E-state index contributed by atoms with van der Waals surface area (Å²) in [7, 11) is 1.73. The lowest BCUT2D eigenvalue weighted by molar-refractivity contribution is 0.208. The zero-order chi connectivity index (χ0) is 14.8. The monoisotopic (exact) mass is 279 g/mol. The van der Waals surface area contributed by atoms with E-state index in [9.17, 15) is 0 Å². The summed E-state index contributed by atoms with van der Waals surface area (Å²) in [6.07, 6.45) is 4.19. The minimum atomic E-state index is 0.308. The number of para-hydroxylation sites is 1. The van der Waals surface area contributed by atoms with Gasteiger partial charge in [-0.05, 0) is 57.3 Å². The molecule has 1 N–H and O–H groups in total. The van der Waals surface area contributed by atoms with Crippen molar-refractivity contribution in [3.8, 4) is 5.75 Å². The van der Waals surface area contributed by atoms with Crippen LogP contribution in [0.15, 0.2) is 24.3 Å². The van der Waals surface area contributed by atoms with Gasteiger partial charge in [0.25, 0.3) is 0 Å². The maximum absolute atomic E-state index is 8.82. The smallest absolute Gasteiger partial charge is 0.122 e. The molecule has 20 heavy (non-hydrogen) atoms. The summed E-state index contributed by atoms with van der Waals surface area (Å²) >= 11 is 0. The van der Waals surface area contributed by atoms with E-state index in [-0.39, 0.29) is 0 Å². The van der Waals surface area contributed by atoms with Crippen LogP contribution in [0.4, 0.5) is 0 Å². The predicted octanol–water partition coefficient (Wildman–Crippen LogP) is 3.11. The van der Waals surface area contributed by atoms with E-state index in [0.29, 0.717) is 12.6 Å². The minimum Gasteiger partial charge on any atom is -0.496 e. The molecular weight excluding hydrogens is 250 g/mol. The third kappa shape index (κ3) is 5.51. The maximum Gasteiger partial charge on any atom is 0.122 e. The Morgan fingerprint density at radius 2 is 1.95 bits per heavy atom. The average molecular weight is 279 g/mol. The van der Waals surface area contributed by atoms with E-state index >= 15 is 0 Å². The SMILES string of the molecule is CCN(CCCCCO)C(C)Cc1ccccc1OC. The molecule has 1 atom stereocenters. The van der Waals surface area contributed by atoms with Crippen LogP contribution in [0.3, 0.4) is 0 Å². The first-order valence-corrected chi connectivity index (χ1v) is 7.69. The fourth-order valence-electron chi connectivity index (χ4n) is 2.61. The van der Waals surface area contributed by atoms with Gasteiger partial charge in [0, 0.05) is 12.6 Å². The number of benzene rings is 1. The highest BCUT2D eigenvalue weighted by atomic mass is 16.5. The standard InChI is InChI=1S/C17H29NO2/c1-4-18(12-8-5-9-13-19)15(2)14-16-10-6-7-11-17(16)20-3/h6-7,10-11,15,19H,4-5,8-9,12-14H2,1-3H3. The number of nitrogens with zero attached hydrogens (tertiary/aromatic N) is 1. The van der Waals surface area contributed by atoms with Crippen molar-refractivity contribution < 1.29 is 9.84 Å². The molecule has 0 fully saturated rings. The van der Waals surface area contributed by atoms with Gasteiger partial charge in [-0.25, -0.2) is 0 Å². The molecule has 0 aliphatic rings. The molecule has 0 amide bonds. The first-order valence-electron chi connectivity index (χ1n) is 7.69. The topological polar surface area (TPSA) is 32.7 Å². The van der Waals surface area contributed by atoms with Gasteiger partial charge in [-0.3, -0.25) is 0 Å². The molecule has 3 nitrogen and oxygen atoms in total. The zero-order valence-electron chi connectivity index (χ0n) is 13.1. The van der Waals surface area contributed by atoms with Gasteiger partial charge >= 0.3 is 0 Å². The van der Waals surface area contributed by atoms with Crippen molar-refractivity contribution in [2.24, 2.45) is 0 Å². The van der Waals surface area contributed by atoms with Gasteiger partial charge in [0.05, 0.1) is 7.11 Å². The van der Waals surface area contributed by atoms with Crippen molar-refractivity contribution in [2.45, 2.75) is 45.6 Å². The molecule has 0 bridgehead atoms. The largest absolute Gasteiger partial charge is 0.496 e. The van der Waals surface area contributed by atoms with Crippen LogP contribution < -0.4 is 4.74 Å². The van der Waals surface area contributed by atoms with Crippen molar-refractivity contribution in [3.05, 3.63) is 29.8 Å². The maximum atomic E-state index is 8.82. The van der Waals surface area contributed by atoms with Gasteiger partial charge in [0.1, 0.15) is 5.75 Å². The summed E-state index contributed by atoms with van der Waals surface area (Å²) in [5.74, 6) is 0.982. The number of unbranched alkanes of at least 4 members (excludes halogenated alkanes) is 2. The van der Waals surface area contributed by atoms with Crippen LogP contribution in [-0.4, -0.2) is 42.9 Å². The number of aliphatic hydroxyl groups is 1. The van der Waals surface area contributed by atoms with Crippen molar-refractivity contribution in [1.82, 2.24) is 4.90 Å². The number of ether oxygens (including phenoxy) is 1. The second-order valence-corrected chi connectivity index (χ2v) is 5.28. The van der Waals surface area contributed by atoms with Crippen LogP contribution in [0.5, 0.6) is 5.75 Å². The highest BCUT2D eigenvalue weighted by Crippen LogP contribution is 2.20.